The summed E-state index contributed by atoms with van der Waals surface area (Å²) in [6, 6.07) is 5.05. The summed E-state index contributed by atoms with van der Waals surface area (Å²) >= 11 is 0. The van der Waals surface area contributed by atoms with Gasteiger partial charge in [0.05, 0.1) is 0 Å². The molecule has 2 aromatic heterocycles. The van der Waals surface area contributed by atoms with Gasteiger partial charge in [-0.25, -0.2) is 0 Å². The largest absolute Gasteiger partial charge is 0.433 e. The Labute approximate surface area is 94.0 Å². The second-order valence-electron chi connectivity index (χ2n) is 3.37. The minimum Gasteiger partial charge on any atom is -0.329 e. The molecule has 0 atom stereocenters. The van der Waals surface area contributed by atoms with E-state index in [4.69, 9.17) is 0 Å². The number of aromatic amines is 1. The molecule has 3 nitrogen and oxygen atoms in total. The van der Waals surface area contributed by atoms with Gasteiger partial charge in [-0.1, -0.05) is 6.07 Å². The van der Waals surface area contributed by atoms with E-state index in [1.165, 1.54) is 18.3 Å². The van der Waals surface area contributed by atoms with Gasteiger partial charge < -0.3 is 4.98 Å². The molecule has 1 N–H and O–H groups in total. The van der Waals surface area contributed by atoms with Crippen molar-refractivity contribution in [3.05, 3.63) is 52.7 Å². The Morgan fingerprint density at radius 1 is 1.12 bits per heavy atom. The summed E-state index contributed by atoms with van der Waals surface area (Å²) in [6.07, 6.45) is -1.93. The molecule has 0 saturated carbocycles. The number of alkyl halides is 3. The van der Waals surface area contributed by atoms with E-state index >= 15 is 0 Å². The Balaban J connectivity index is 2.39. The van der Waals surface area contributed by atoms with Crippen molar-refractivity contribution in [1.29, 1.82) is 0 Å². The third kappa shape index (κ3) is 2.52. The van der Waals surface area contributed by atoms with Crippen LogP contribution in [0.15, 0.2) is 41.5 Å². The van der Waals surface area contributed by atoms with Gasteiger partial charge in [-0.3, -0.25) is 9.78 Å². The second kappa shape index (κ2) is 4.04. The molecule has 0 aromatic carbocycles. The summed E-state index contributed by atoms with van der Waals surface area (Å²) in [7, 11) is 0. The van der Waals surface area contributed by atoms with Crippen molar-refractivity contribution in [2.45, 2.75) is 6.18 Å². The first kappa shape index (κ1) is 11.4. The Morgan fingerprint density at radius 2 is 1.88 bits per heavy atom. The van der Waals surface area contributed by atoms with E-state index in [2.05, 4.69) is 9.97 Å². The predicted octanol–water partition coefficient (Wildman–Crippen LogP) is 2.46. The van der Waals surface area contributed by atoms with Gasteiger partial charge in [-0.05, 0) is 17.7 Å². The summed E-state index contributed by atoms with van der Waals surface area (Å²) in [5, 5.41) is 0. The SMILES string of the molecule is O=c1cc(-c2ccc(C(F)(F)F)nc2)cc[nH]1. The number of rotatable bonds is 1. The third-order valence-corrected chi connectivity index (χ3v) is 2.16. The summed E-state index contributed by atoms with van der Waals surface area (Å²) in [5.74, 6) is 0. The molecule has 17 heavy (non-hydrogen) atoms. The van der Waals surface area contributed by atoms with Crippen LogP contribution in [0.3, 0.4) is 0 Å². The average Bonchev–Trinajstić information content (AvgIpc) is 2.28. The average molecular weight is 240 g/mol. The van der Waals surface area contributed by atoms with Gasteiger partial charge in [0, 0.05) is 24.0 Å². The van der Waals surface area contributed by atoms with Gasteiger partial charge >= 0.3 is 6.18 Å². The zero-order valence-electron chi connectivity index (χ0n) is 8.45. The number of halogens is 3. The van der Waals surface area contributed by atoms with Crippen LogP contribution in [0.1, 0.15) is 5.69 Å². The lowest BCUT2D eigenvalue weighted by molar-refractivity contribution is -0.141. The van der Waals surface area contributed by atoms with Gasteiger partial charge in [0.25, 0.3) is 0 Å². The van der Waals surface area contributed by atoms with E-state index in [9.17, 15) is 18.0 Å². The van der Waals surface area contributed by atoms with Gasteiger partial charge in [-0.2, -0.15) is 13.2 Å². The van der Waals surface area contributed by atoms with Crippen molar-refractivity contribution >= 4 is 0 Å². The van der Waals surface area contributed by atoms with E-state index in [1.807, 2.05) is 0 Å². The van der Waals surface area contributed by atoms with Crippen LogP contribution in [0.25, 0.3) is 11.1 Å². The molecular weight excluding hydrogens is 233 g/mol. The number of aromatic nitrogens is 2. The smallest absolute Gasteiger partial charge is 0.329 e. The van der Waals surface area contributed by atoms with Crippen LogP contribution in [0, 0.1) is 0 Å². The zero-order chi connectivity index (χ0) is 12.5. The number of nitrogens with one attached hydrogen (secondary N) is 1. The van der Waals surface area contributed by atoms with Gasteiger partial charge in [0.1, 0.15) is 5.69 Å². The van der Waals surface area contributed by atoms with Gasteiger partial charge in [-0.15, -0.1) is 0 Å². The standard InChI is InChI=1S/C11H7F3N2O/c12-11(13,14)9-2-1-8(6-16-9)7-3-4-15-10(17)5-7/h1-6H,(H,15,17). The number of H-pyrrole nitrogens is 1. The lowest BCUT2D eigenvalue weighted by Gasteiger charge is -2.06. The highest BCUT2D eigenvalue weighted by atomic mass is 19.4. The van der Waals surface area contributed by atoms with E-state index in [1.54, 1.807) is 6.07 Å². The minimum atomic E-state index is -4.45. The zero-order valence-corrected chi connectivity index (χ0v) is 8.45. The van der Waals surface area contributed by atoms with E-state index < -0.39 is 11.9 Å². The molecule has 0 radical (unpaired) electrons. The number of hydrogen-bond donors (Lipinski definition) is 1. The van der Waals surface area contributed by atoms with Crippen LogP contribution >= 0.6 is 0 Å². The monoisotopic (exact) mass is 240 g/mol. The third-order valence-electron chi connectivity index (χ3n) is 2.16. The Kier molecular flexibility index (Phi) is 2.71. The summed E-state index contributed by atoms with van der Waals surface area (Å²) in [5.41, 5.74) is -0.285. The number of nitrogens with zero attached hydrogens (tertiary/aromatic N) is 1. The molecule has 0 aliphatic carbocycles. The molecule has 0 fully saturated rings. The molecule has 2 aromatic rings. The van der Waals surface area contributed by atoms with Crippen molar-refractivity contribution in [1.82, 2.24) is 9.97 Å². The highest BCUT2D eigenvalue weighted by Crippen LogP contribution is 2.28. The van der Waals surface area contributed by atoms with Gasteiger partial charge in [0.15, 0.2) is 0 Å². The maximum absolute atomic E-state index is 12.3. The van der Waals surface area contributed by atoms with Crippen molar-refractivity contribution in [3.8, 4) is 11.1 Å². The molecule has 0 bridgehead atoms. The molecule has 6 heteroatoms. The van der Waals surface area contributed by atoms with E-state index in [0.29, 0.717) is 11.1 Å². The first-order valence-electron chi connectivity index (χ1n) is 4.69. The molecule has 0 saturated heterocycles. The van der Waals surface area contributed by atoms with Crippen molar-refractivity contribution in [2.24, 2.45) is 0 Å². The molecule has 0 amide bonds. The van der Waals surface area contributed by atoms with Crippen LogP contribution in [-0.4, -0.2) is 9.97 Å². The molecule has 2 heterocycles. The second-order valence-corrected chi connectivity index (χ2v) is 3.37. The maximum atomic E-state index is 12.3. The van der Waals surface area contributed by atoms with Crippen LogP contribution < -0.4 is 5.56 Å². The normalized spacial score (nSPS) is 11.5. The van der Waals surface area contributed by atoms with Crippen molar-refractivity contribution in [2.75, 3.05) is 0 Å². The highest BCUT2D eigenvalue weighted by Gasteiger charge is 2.31. The fourth-order valence-corrected chi connectivity index (χ4v) is 1.36. The fraction of sp³-hybridized carbons (Fsp3) is 0.0909. The number of hydrogen-bond acceptors (Lipinski definition) is 2. The van der Waals surface area contributed by atoms with Gasteiger partial charge in [0.2, 0.25) is 5.56 Å². The molecule has 0 aliphatic rings. The predicted molar refractivity (Wildman–Crippen MR) is 55.3 cm³/mol. The molecule has 0 spiro atoms. The lowest BCUT2D eigenvalue weighted by Crippen LogP contribution is -2.07. The van der Waals surface area contributed by atoms with Crippen LogP contribution in [0.4, 0.5) is 13.2 Å². The first-order chi connectivity index (χ1) is 7.97. The Morgan fingerprint density at radius 3 is 2.41 bits per heavy atom. The summed E-state index contributed by atoms with van der Waals surface area (Å²) in [6.45, 7) is 0. The molecule has 0 unspecified atom stereocenters. The highest BCUT2D eigenvalue weighted by molar-refractivity contribution is 5.61. The topological polar surface area (TPSA) is 45.8 Å². The van der Waals surface area contributed by atoms with E-state index in [-0.39, 0.29) is 5.56 Å². The molecule has 2 rings (SSSR count). The molecular formula is C11H7F3N2O. The fourth-order valence-electron chi connectivity index (χ4n) is 1.36. The van der Waals surface area contributed by atoms with Crippen molar-refractivity contribution in [3.63, 3.8) is 0 Å². The summed E-state index contributed by atoms with van der Waals surface area (Å²) in [4.78, 5) is 16.8. The van der Waals surface area contributed by atoms with Crippen LogP contribution in [0.5, 0.6) is 0 Å². The minimum absolute atomic E-state index is 0.317. The maximum Gasteiger partial charge on any atom is 0.433 e. The summed E-state index contributed by atoms with van der Waals surface area (Å²) < 4.78 is 36.8. The van der Waals surface area contributed by atoms with E-state index in [0.717, 1.165) is 12.3 Å². The molecule has 0 aliphatic heterocycles. The Hall–Kier alpha value is -2.11. The number of pyridine rings is 2. The molecule has 88 valence electrons. The Bertz CT molecular complexity index is 572. The first-order valence-corrected chi connectivity index (χ1v) is 4.69. The lowest BCUT2D eigenvalue weighted by atomic mass is 10.1. The van der Waals surface area contributed by atoms with Crippen molar-refractivity contribution < 1.29 is 13.2 Å². The van der Waals surface area contributed by atoms with Crippen LogP contribution in [-0.2, 0) is 6.18 Å². The van der Waals surface area contributed by atoms with Crippen LogP contribution in [0.2, 0.25) is 0 Å². The quantitative estimate of drug-likeness (QED) is 0.832.